The number of anilines is 2. The van der Waals surface area contributed by atoms with Gasteiger partial charge < -0.3 is 5.32 Å². The van der Waals surface area contributed by atoms with E-state index in [1.54, 1.807) is 5.32 Å². The zero-order chi connectivity index (χ0) is 24.9. The average Bonchev–Trinajstić information content (AvgIpc) is 2.60. The molecule has 0 aliphatic rings. The van der Waals surface area contributed by atoms with Crippen molar-refractivity contribution in [3.63, 3.8) is 0 Å². The highest BCUT2D eigenvalue weighted by molar-refractivity contribution is 7.92. The fourth-order valence-electron chi connectivity index (χ4n) is 2.35. The maximum absolute atomic E-state index is 13.3. The molecule has 0 saturated heterocycles. The average molecular weight is 517 g/mol. The Balaban J connectivity index is 2.73. The van der Waals surface area contributed by atoms with Crippen LogP contribution in [0.3, 0.4) is 0 Å². The first kappa shape index (κ1) is 25.5. The minimum absolute atomic E-state index is 0.165. The van der Waals surface area contributed by atoms with Crippen LogP contribution in [0.4, 0.5) is 56.6 Å². The first-order valence-electron chi connectivity index (χ1n) is 7.61. The van der Waals surface area contributed by atoms with E-state index in [4.69, 9.17) is 11.6 Å². The van der Waals surface area contributed by atoms with Crippen LogP contribution < -0.4 is 5.32 Å². The van der Waals surface area contributed by atoms with E-state index in [-0.39, 0.29) is 24.3 Å². The lowest BCUT2D eigenvalue weighted by molar-refractivity contribution is -0.385. The predicted molar refractivity (Wildman–Crippen MR) is 91.1 cm³/mol. The van der Waals surface area contributed by atoms with Gasteiger partial charge in [-0.1, -0.05) is 11.6 Å². The minimum Gasteiger partial charge on any atom is -0.353 e. The molecule has 0 aliphatic heterocycles. The number of alkyl halides is 9. The number of rotatable bonds is 4. The summed E-state index contributed by atoms with van der Waals surface area (Å²) in [5, 5.41) is 11.4. The van der Waals surface area contributed by atoms with Crippen LogP contribution in [0.1, 0.15) is 11.1 Å². The van der Waals surface area contributed by atoms with E-state index in [0.717, 1.165) is 0 Å². The van der Waals surface area contributed by atoms with Crippen molar-refractivity contribution in [2.75, 3.05) is 5.32 Å². The summed E-state index contributed by atoms with van der Waals surface area (Å²) in [6, 6.07) is 0.451. The van der Waals surface area contributed by atoms with Crippen LogP contribution in [-0.2, 0) is 22.2 Å². The molecule has 176 valence electrons. The van der Waals surface area contributed by atoms with Gasteiger partial charge in [-0.05, 0) is 18.2 Å². The summed E-state index contributed by atoms with van der Waals surface area (Å²) in [7, 11) is -5.91. The zero-order valence-electron chi connectivity index (χ0n) is 14.7. The van der Waals surface area contributed by atoms with Crippen molar-refractivity contribution >= 4 is 38.5 Å². The predicted octanol–water partition coefficient (Wildman–Crippen LogP) is 6.32. The molecular formula is C15H6ClF9N2O4S. The monoisotopic (exact) mass is 516 g/mol. The van der Waals surface area contributed by atoms with Crippen LogP contribution in [0.5, 0.6) is 0 Å². The SMILES string of the molecule is O=[N+]([O-])c1cc(C(F)(F)F)c(Nc2ccc(S(=O)(=O)C(F)(F)F)cc2Cl)c(C(F)(F)F)c1. The van der Waals surface area contributed by atoms with Gasteiger partial charge in [-0.3, -0.25) is 10.1 Å². The molecule has 0 bridgehead atoms. The van der Waals surface area contributed by atoms with Crippen LogP contribution in [0, 0.1) is 10.1 Å². The normalized spacial score (nSPS) is 13.2. The van der Waals surface area contributed by atoms with E-state index >= 15 is 0 Å². The molecule has 2 aromatic rings. The number of non-ortho nitro benzene ring substituents is 1. The smallest absolute Gasteiger partial charge is 0.353 e. The Kier molecular flexibility index (Phi) is 6.37. The highest BCUT2D eigenvalue weighted by Gasteiger charge is 2.47. The van der Waals surface area contributed by atoms with Crippen molar-refractivity contribution < 1.29 is 52.9 Å². The molecule has 1 N–H and O–H groups in total. The van der Waals surface area contributed by atoms with Gasteiger partial charge in [-0.25, -0.2) is 8.42 Å². The van der Waals surface area contributed by atoms with E-state index in [2.05, 4.69) is 0 Å². The summed E-state index contributed by atoms with van der Waals surface area (Å²) in [6.07, 6.45) is -11.1. The Bertz CT molecular complexity index is 1140. The van der Waals surface area contributed by atoms with Crippen LogP contribution in [0.15, 0.2) is 35.2 Å². The number of nitrogens with one attached hydrogen (secondary N) is 1. The van der Waals surface area contributed by atoms with Gasteiger partial charge in [0.25, 0.3) is 15.5 Å². The molecule has 2 rings (SSSR count). The molecule has 0 fully saturated rings. The first-order chi connectivity index (χ1) is 14.3. The number of sulfone groups is 1. The number of hydrogen-bond acceptors (Lipinski definition) is 5. The summed E-state index contributed by atoms with van der Waals surface area (Å²) in [5.41, 5.74) is -14.1. The Labute approximate surface area is 176 Å². The number of hydrogen-bond donors (Lipinski definition) is 1. The fourth-order valence-corrected chi connectivity index (χ4v) is 3.43. The lowest BCUT2D eigenvalue weighted by atomic mass is 10.0. The highest BCUT2D eigenvalue weighted by Crippen LogP contribution is 2.46. The van der Waals surface area contributed by atoms with E-state index in [1.807, 2.05) is 0 Å². The summed E-state index contributed by atoms with van der Waals surface area (Å²) in [4.78, 5) is 7.87. The van der Waals surface area contributed by atoms with Crippen molar-refractivity contribution in [1.29, 1.82) is 0 Å². The molecule has 32 heavy (non-hydrogen) atoms. The Hall–Kier alpha value is -2.75. The molecule has 17 heteroatoms. The molecule has 0 aliphatic carbocycles. The van der Waals surface area contributed by atoms with Gasteiger partial charge in [-0.15, -0.1) is 0 Å². The topological polar surface area (TPSA) is 89.3 Å². The molecule has 6 nitrogen and oxygen atoms in total. The maximum atomic E-state index is 13.3. The van der Waals surface area contributed by atoms with E-state index in [9.17, 15) is 58.0 Å². The third-order valence-electron chi connectivity index (χ3n) is 3.76. The molecular weight excluding hydrogens is 511 g/mol. The molecule has 0 atom stereocenters. The lowest BCUT2D eigenvalue weighted by Gasteiger charge is -2.20. The van der Waals surface area contributed by atoms with Crippen molar-refractivity contribution in [2.45, 2.75) is 22.8 Å². The van der Waals surface area contributed by atoms with E-state index in [0.29, 0.717) is 6.07 Å². The van der Waals surface area contributed by atoms with Gasteiger partial charge in [-0.2, -0.15) is 39.5 Å². The highest BCUT2D eigenvalue weighted by atomic mass is 35.5. The number of nitro benzene ring substituents is 1. The molecule has 0 saturated carbocycles. The Morgan fingerprint density at radius 1 is 0.875 bits per heavy atom. The second-order valence-corrected chi connectivity index (χ2v) is 8.23. The second kappa shape index (κ2) is 7.99. The second-order valence-electron chi connectivity index (χ2n) is 5.88. The zero-order valence-corrected chi connectivity index (χ0v) is 16.2. The summed E-state index contributed by atoms with van der Waals surface area (Å²) < 4.78 is 141. The van der Waals surface area contributed by atoms with Crippen molar-refractivity contribution in [1.82, 2.24) is 0 Å². The summed E-state index contributed by atoms with van der Waals surface area (Å²) >= 11 is 5.59. The van der Waals surface area contributed by atoms with Crippen LogP contribution in [0.2, 0.25) is 5.02 Å². The standard InChI is InChI=1S/C15H6ClF9N2O4S/c16-10-5-7(32(30,31)15(23,24)25)1-2-11(10)26-12-8(13(17,18)19)3-6(27(28)29)4-9(12)14(20,21)22/h1-5,26H. The van der Waals surface area contributed by atoms with Gasteiger partial charge in [0.2, 0.25) is 0 Å². The van der Waals surface area contributed by atoms with Crippen LogP contribution in [-0.4, -0.2) is 18.8 Å². The number of nitro groups is 1. The first-order valence-corrected chi connectivity index (χ1v) is 9.47. The van der Waals surface area contributed by atoms with Crippen LogP contribution in [0.25, 0.3) is 0 Å². The third-order valence-corrected chi connectivity index (χ3v) is 5.56. The quantitative estimate of drug-likeness (QED) is 0.292. The van der Waals surface area contributed by atoms with Gasteiger partial charge in [0.1, 0.15) is 0 Å². The van der Waals surface area contributed by atoms with Crippen molar-refractivity contribution in [2.24, 2.45) is 0 Å². The molecule has 0 spiro atoms. The minimum atomic E-state index is -5.91. The maximum Gasteiger partial charge on any atom is 0.501 e. The van der Waals surface area contributed by atoms with E-state index < -0.39 is 70.7 Å². The Morgan fingerprint density at radius 2 is 1.34 bits per heavy atom. The van der Waals surface area contributed by atoms with Gasteiger partial charge in [0.15, 0.2) is 0 Å². The van der Waals surface area contributed by atoms with E-state index in [1.165, 1.54) is 0 Å². The molecule has 2 aromatic carbocycles. The molecule has 0 radical (unpaired) electrons. The van der Waals surface area contributed by atoms with Crippen LogP contribution >= 0.6 is 11.6 Å². The largest absolute Gasteiger partial charge is 0.501 e. The molecule has 0 unspecified atom stereocenters. The molecule has 0 aromatic heterocycles. The third kappa shape index (κ3) is 5.01. The van der Waals surface area contributed by atoms with Gasteiger partial charge in [0.05, 0.1) is 37.3 Å². The summed E-state index contributed by atoms with van der Waals surface area (Å²) in [5.74, 6) is 0. The fraction of sp³-hybridized carbons (Fsp3) is 0.200. The molecule has 0 amide bonds. The summed E-state index contributed by atoms with van der Waals surface area (Å²) in [6.45, 7) is 0. The number of benzene rings is 2. The lowest BCUT2D eigenvalue weighted by Crippen LogP contribution is -2.23. The van der Waals surface area contributed by atoms with Crippen molar-refractivity contribution in [3.05, 3.63) is 56.6 Å². The Morgan fingerprint density at radius 3 is 1.69 bits per heavy atom. The molecule has 0 heterocycles. The number of halogens is 10. The van der Waals surface area contributed by atoms with Gasteiger partial charge in [0, 0.05) is 12.1 Å². The van der Waals surface area contributed by atoms with Gasteiger partial charge >= 0.3 is 17.9 Å². The number of nitrogens with zero attached hydrogens (tertiary/aromatic N) is 1. The van der Waals surface area contributed by atoms with Crippen molar-refractivity contribution in [3.8, 4) is 0 Å².